The van der Waals surface area contributed by atoms with Crippen molar-refractivity contribution in [2.45, 2.75) is 33.2 Å². The fourth-order valence-electron chi connectivity index (χ4n) is 2.74. The van der Waals surface area contributed by atoms with Crippen molar-refractivity contribution in [3.8, 4) is 17.2 Å². The quantitative estimate of drug-likeness (QED) is 0.367. The number of hydrogen-bond acceptors (Lipinski definition) is 5. The van der Waals surface area contributed by atoms with Gasteiger partial charge in [-0.05, 0) is 56.2 Å². The predicted molar refractivity (Wildman–Crippen MR) is 125 cm³/mol. The highest BCUT2D eigenvalue weighted by Crippen LogP contribution is 2.29. The van der Waals surface area contributed by atoms with Gasteiger partial charge in [0.1, 0.15) is 25.0 Å². The summed E-state index contributed by atoms with van der Waals surface area (Å²) < 4.78 is 17.1. The van der Waals surface area contributed by atoms with Crippen LogP contribution in [0.1, 0.15) is 32.8 Å². The van der Waals surface area contributed by atoms with Crippen molar-refractivity contribution in [3.63, 3.8) is 0 Å². The molecule has 32 heavy (non-hydrogen) atoms. The molecule has 0 bridgehead atoms. The summed E-state index contributed by atoms with van der Waals surface area (Å²) in [6.07, 6.45) is 3.90. The predicted octanol–water partition coefficient (Wildman–Crippen LogP) is 3.59. The highest BCUT2D eigenvalue weighted by Gasteiger charge is 2.13. The maximum Gasteiger partial charge on any atom is 0.244 e. The minimum absolute atomic E-state index is 0.204. The summed E-state index contributed by atoms with van der Waals surface area (Å²) in [5.74, 6) is 1.43. The average Bonchev–Trinajstić information content (AvgIpc) is 2.80. The molecule has 0 heterocycles. The van der Waals surface area contributed by atoms with Crippen LogP contribution in [0.5, 0.6) is 17.2 Å². The Morgan fingerprint density at radius 1 is 0.969 bits per heavy atom. The van der Waals surface area contributed by atoms with Crippen LogP contribution in [0.2, 0.25) is 0 Å². The van der Waals surface area contributed by atoms with Crippen LogP contribution in [0, 0.1) is 0 Å². The third-order valence-electron chi connectivity index (χ3n) is 4.35. The third-order valence-corrected chi connectivity index (χ3v) is 4.35. The Balaban J connectivity index is 1.90. The molecule has 0 radical (unpaired) electrons. The lowest BCUT2D eigenvalue weighted by Crippen LogP contribution is -2.44. The van der Waals surface area contributed by atoms with Crippen molar-refractivity contribution < 1.29 is 23.8 Å². The van der Waals surface area contributed by atoms with Crippen LogP contribution in [0.4, 0.5) is 0 Å². The maximum atomic E-state index is 12.1. The van der Waals surface area contributed by atoms with Gasteiger partial charge in [0.25, 0.3) is 0 Å². The Kier molecular flexibility index (Phi) is 10.6. The molecule has 0 spiro atoms. The van der Waals surface area contributed by atoms with Crippen LogP contribution in [0.25, 0.3) is 6.08 Å². The summed E-state index contributed by atoms with van der Waals surface area (Å²) in [5.41, 5.74) is 0.777. The zero-order chi connectivity index (χ0) is 23.2. The standard InChI is InChI=1S/C25H32N2O5/c1-4-15-26-25(29)19(3)27-24(28)14-12-20-11-13-22(23(18-20)30-5-2)32-17-16-31-21-9-7-6-8-10-21/h6-14,18-19H,4-5,15-17H2,1-3H3,(H,26,29)(H,27,28)/b14-12+. The largest absolute Gasteiger partial charge is 0.490 e. The van der Waals surface area contributed by atoms with Crippen molar-refractivity contribution in [1.82, 2.24) is 10.6 Å². The summed E-state index contributed by atoms with van der Waals surface area (Å²) in [5, 5.41) is 5.40. The van der Waals surface area contributed by atoms with E-state index in [1.807, 2.05) is 50.2 Å². The van der Waals surface area contributed by atoms with E-state index in [2.05, 4.69) is 10.6 Å². The van der Waals surface area contributed by atoms with Crippen molar-refractivity contribution in [2.75, 3.05) is 26.4 Å². The summed E-state index contributed by atoms with van der Waals surface area (Å²) in [4.78, 5) is 24.0. The number of nitrogens with one attached hydrogen (secondary N) is 2. The van der Waals surface area contributed by atoms with E-state index in [1.165, 1.54) is 6.08 Å². The first-order chi connectivity index (χ1) is 15.5. The van der Waals surface area contributed by atoms with E-state index in [-0.39, 0.29) is 11.8 Å². The van der Waals surface area contributed by atoms with Gasteiger partial charge in [0.15, 0.2) is 11.5 Å². The molecule has 2 rings (SSSR count). The van der Waals surface area contributed by atoms with Crippen LogP contribution >= 0.6 is 0 Å². The van der Waals surface area contributed by atoms with Crippen LogP contribution in [-0.2, 0) is 9.59 Å². The topological polar surface area (TPSA) is 85.9 Å². The highest BCUT2D eigenvalue weighted by molar-refractivity contribution is 5.95. The summed E-state index contributed by atoms with van der Waals surface area (Å²) in [6, 6.07) is 14.4. The Hall–Kier alpha value is -3.48. The first kappa shape index (κ1) is 24.8. The molecule has 2 aromatic rings. The number of hydrogen-bond donors (Lipinski definition) is 2. The molecule has 7 heteroatoms. The smallest absolute Gasteiger partial charge is 0.244 e. The minimum atomic E-state index is -0.605. The fraction of sp³-hybridized carbons (Fsp3) is 0.360. The number of carbonyl (C=O) groups excluding carboxylic acids is 2. The molecule has 2 amide bonds. The second-order valence-corrected chi connectivity index (χ2v) is 7.00. The van der Waals surface area contributed by atoms with Gasteiger partial charge in [0.05, 0.1) is 6.61 Å². The first-order valence-corrected chi connectivity index (χ1v) is 10.9. The van der Waals surface area contributed by atoms with Crippen molar-refractivity contribution in [2.24, 2.45) is 0 Å². The Bertz CT molecular complexity index is 883. The maximum absolute atomic E-state index is 12.1. The SMILES string of the molecule is CCCNC(=O)C(C)NC(=O)/C=C/c1ccc(OCCOc2ccccc2)c(OCC)c1. The molecule has 0 aromatic heterocycles. The van der Waals surface area contributed by atoms with Crippen molar-refractivity contribution in [3.05, 3.63) is 60.2 Å². The van der Waals surface area contributed by atoms with E-state index in [0.717, 1.165) is 17.7 Å². The Morgan fingerprint density at radius 3 is 2.44 bits per heavy atom. The van der Waals surface area contributed by atoms with Gasteiger partial charge in [0.2, 0.25) is 11.8 Å². The zero-order valence-electron chi connectivity index (χ0n) is 18.9. The number of benzene rings is 2. The average molecular weight is 441 g/mol. The van der Waals surface area contributed by atoms with Gasteiger partial charge < -0.3 is 24.8 Å². The molecule has 7 nitrogen and oxygen atoms in total. The van der Waals surface area contributed by atoms with E-state index in [1.54, 1.807) is 25.1 Å². The van der Waals surface area contributed by atoms with Crippen molar-refractivity contribution in [1.29, 1.82) is 0 Å². The van der Waals surface area contributed by atoms with E-state index < -0.39 is 6.04 Å². The van der Waals surface area contributed by atoms with E-state index >= 15 is 0 Å². The molecule has 0 saturated carbocycles. The van der Waals surface area contributed by atoms with E-state index in [4.69, 9.17) is 14.2 Å². The van der Waals surface area contributed by atoms with Gasteiger partial charge in [-0.2, -0.15) is 0 Å². The minimum Gasteiger partial charge on any atom is -0.490 e. The monoisotopic (exact) mass is 440 g/mol. The van der Waals surface area contributed by atoms with E-state index in [0.29, 0.717) is 37.9 Å². The molecule has 0 aliphatic carbocycles. The highest BCUT2D eigenvalue weighted by atomic mass is 16.5. The summed E-state index contributed by atoms with van der Waals surface area (Å²) in [7, 11) is 0. The number of ether oxygens (including phenoxy) is 3. The second kappa shape index (κ2) is 13.7. The lowest BCUT2D eigenvalue weighted by Gasteiger charge is -2.13. The third kappa shape index (κ3) is 8.71. The van der Waals surface area contributed by atoms with Gasteiger partial charge in [-0.3, -0.25) is 9.59 Å². The van der Waals surface area contributed by atoms with Crippen molar-refractivity contribution >= 4 is 17.9 Å². The van der Waals surface area contributed by atoms with E-state index in [9.17, 15) is 9.59 Å². The van der Waals surface area contributed by atoms with Gasteiger partial charge in [-0.15, -0.1) is 0 Å². The molecule has 172 valence electrons. The molecule has 1 atom stereocenters. The number of amides is 2. The van der Waals surface area contributed by atoms with Gasteiger partial charge in [-0.1, -0.05) is 31.2 Å². The normalized spacial score (nSPS) is 11.6. The van der Waals surface area contributed by atoms with Gasteiger partial charge >= 0.3 is 0 Å². The molecule has 0 aliphatic heterocycles. The summed E-state index contributed by atoms with van der Waals surface area (Å²) >= 11 is 0. The number of para-hydroxylation sites is 1. The van der Waals surface area contributed by atoms with Crippen LogP contribution in [0.3, 0.4) is 0 Å². The molecule has 2 N–H and O–H groups in total. The second-order valence-electron chi connectivity index (χ2n) is 7.00. The summed E-state index contributed by atoms with van der Waals surface area (Å²) in [6.45, 7) is 7.35. The molecule has 0 saturated heterocycles. The van der Waals surface area contributed by atoms with Gasteiger partial charge in [0, 0.05) is 12.6 Å². The lowest BCUT2D eigenvalue weighted by atomic mass is 10.2. The first-order valence-electron chi connectivity index (χ1n) is 10.9. The lowest BCUT2D eigenvalue weighted by molar-refractivity contribution is -0.126. The number of carbonyl (C=O) groups is 2. The molecule has 1 unspecified atom stereocenters. The molecule has 0 fully saturated rings. The fourth-order valence-corrected chi connectivity index (χ4v) is 2.74. The molecular formula is C25H32N2O5. The molecule has 0 aliphatic rings. The van der Waals surface area contributed by atoms with Crippen LogP contribution in [-0.4, -0.2) is 44.2 Å². The van der Waals surface area contributed by atoms with Crippen LogP contribution in [0.15, 0.2) is 54.6 Å². The molecule has 2 aromatic carbocycles. The molecular weight excluding hydrogens is 408 g/mol. The van der Waals surface area contributed by atoms with Crippen LogP contribution < -0.4 is 24.8 Å². The van der Waals surface area contributed by atoms with Gasteiger partial charge in [-0.25, -0.2) is 0 Å². The Morgan fingerprint density at radius 2 is 1.72 bits per heavy atom. The number of rotatable bonds is 13. The zero-order valence-corrected chi connectivity index (χ0v) is 18.9. The Labute approximate surface area is 189 Å².